The SMILES string of the molecule is Clc1ccc2c(c1)-n1cccc1C(c1cnc3ccccc3c1)=NC2. The average Bonchev–Trinajstić information content (AvgIpc) is 3.07. The van der Waals surface area contributed by atoms with E-state index in [-0.39, 0.29) is 0 Å². The summed E-state index contributed by atoms with van der Waals surface area (Å²) in [5.41, 5.74) is 6.27. The van der Waals surface area contributed by atoms with E-state index in [9.17, 15) is 0 Å². The lowest BCUT2D eigenvalue weighted by Crippen LogP contribution is -2.08. The lowest BCUT2D eigenvalue weighted by molar-refractivity contribution is 1.02. The van der Waals surface area contributed by atoms with E-state index in [4.69, 9.17) is 16.6 Å². The van der Waals surface area contributed by atoms with Crippen LogP contribution in [0.2, 0.25) is 5.02 Å². The number of para-hydroxylation sites is 1. The lowest BCUT2D eigenvalue weighted by atomic mass is 10.1. The van der Waals surface area contributed by atoms with Gasteiger partial charge in [-0.3, -0.25) is 9.98 Å². The smallest absolute Gasteiger partial charge is 0.0906 e. The van der Waals surface area contributed by atoms with E-state index in [0.717, 1.165) is 44.1 Å². The fourth-order valence-electron chi connectivity index (χ4n) is 3.36. The van der Waals surface area contributed by atoms with Gasteiger partial charge in [-0.1, -0.05) is 35.9 Å². The van der Waals surface area contributed by atoms with Crippen LogP contribution >= 0.6 is 11.6 Å². The molecule has 0 N–H and O–H groups in total. The summed E-state index contributed by atoms with van der Waals surface area (Å²) in [6, 6.07) is 20.4. The van der Waals surface area contributed by atoms with Crippen molar-refractivity contribution in [2.75, 3.05) is 0 Å². The summed E-state index contributed by atoms with van der Waals surface area (Å²) in [6.07, 6.45) is 3.96. The Kier molecular flexibility index (Phi) is 3.22. The van der Waals surface area contributed by atoms with Crippen LogP contribution in [-0.4, -0.2) is 15.3 Å². The largest absolute Gasteiger partial charge is 0.315 e. The van der Waals surface area contributed by atoms with Crippen LogP contribution in [0.1, 0.15) is 16.8 Å². The van der Waals surface area contributed by atoms with Crippen LogP contribution < -0.4 is 0 Å². The zero-order valence-corrected chi connectivity index (χ0v) is 14.1. The molecule has 0 saturated heterocycles. The fraction of sp³-hybridized carbons (Fsp3) is 0.0476. The van der Waals surface area contributed by atoms with Crippen molar-refractivity contribution >= 4 is 28.2 Å². The molecule has 3 nitrogen and oxygen atoms in total. The molecule has 0 unspecified atom stereocenters. The van der Waals surface area contributed by atoms with E-state index in [1.807, 2.05) is 48.7 Å². The van der Waals surface area contributed by atoms with Gasteiger partial charge in [-0.05, 0) is 42.0 Å². The van der Waals surface area contributed by atoms with Gasteiger partial charge in [0.05, 0.1) is 29.2 Å². The summed E-state index contributed by atoms with van der Waals surface area (Å²) in [4.78, 5) is 9.49. The van der Waals surface area contributed by atoms with E-state index in [0.29, 0.717) is 6.54 Å². The van der Waals surface area contributed by atoms with Crippen molar-refractivity contribution in [1.29, 1.82) is 0 Å². The Labute approximate surface area is 150 Å². The van der Waals surface area contributed by atoms with Gasteiger partial charge in [0.15, 0.2) is 0 Å². The minimum absolute atomic E-state index is 0.621. The van der Waals surface area contributed by atoms with Crippen molar-refractivity contribution in [3.63, 3.8) is 0 Å². The van der Waals surface area contributed by atoms with Crippen LogP contribution in [0.4, 0.5) is 0 Å². The Balaban J connectivity index is 1.72. The molecule has 2 aromatic heterocycles. The molecular formula is C21H14ClN3. The number of fused-ring (bicyclic) bond motifs is 4. The highest BCUT2D eigenvalue weighted by atomic mass is 35.5. The zero-order chi connectivity index (χ0) is 16.8. The molecule has 0 aliphatic carbocycles. The summed E-state index contributed by atoms with van der Waals surface area (Å²) in [7, 11) is 0. The second-order valence-corrected chi connectivity index (χ2v) is 6.55. The Morgan fingerprint density at radius 1 is 0.960 bits per heavy atom. The highest BCUT2D eigenvalue weighted by molar-refractivity contribution is 6.30. The first kappa shape index (κ1) is 14.4. The second-order valence-electron chi connectivity index (χ2n) is 6.12. The number of pyridine rings is 1. The quantitative estimate of drug-likeness (QED) is 0.476. The third kappa shape index (κ3) is 2.36. The van der Waals surface area contributed by atoms with Crippen molar-refractivity contribution in [3.05, 3.63) is 94.9 Å². The fourth-order valence-corrected chi connectivity index (χ4v) is 3.53. The first-order valence-electron chi connectivity index (χ1n) is 8.16. The van der Waals surface area contributed by atoms with Gasteiger partial charge in [-0.25, -0.2) is 0 Å². The molecule has 0 saturated carbocycles. The van der Waals surface area contributed by atoms with E-state index in [2.05, 4.69) is 33.9 Å². The number of nitrogens with zero attached hydrogens (tertiary/aromatic N) is 3. The lowest BCUT2D eigenvalue weighted by Gasteiger charge is -2.11. The molecule has 0 spiro atoms. The Bertz CT molecular complexity index is 1140. The van der Waals surface area contributed by atoms with E-state index < -0.39 is 0 Å². The highest BCUT2D eigenvalue weighted by Crippen LogP contribution is 2.28. The minimum Gasteiger partial charge on any atom is -0.315 e. The van der Waals surface area contributed by atoms with Crippen LogP contribution in [0.5, 0.6) is 0 Å². The molecule has 1 aliphatic rings. The Morgan fingerprint density at radius 3 is 2.84 bits per heavy atom. The average molecular weight is 344 g/mol. The molecule has 2 aromatic carbocycles. The number of aromatic nitrogens is 2. The van der Waals surface area contributed by atoms with E-state index >= 15 is 0 Å². The first-order valence-corrected chi connectivity index (χ1v) is 8.53. The molecule has 1 aliphatic heterocycles. The van der Waals surface area contributed by atoms with Gasteiger partial charge < -0.3 is 4.57 Å². The number of rotatable bonds is 1. The summed E-state index contributed by atoms with van der Waals surface area (Å²) in [5.74, 6) is 0. The molecule has 0 fully saturated rings. The maximum atomic E-state index is 6.22. The molecule has 0 amide bonds. The van der Waals surface area contributed by atoms with Gasteiger partial charge in [0.25, 0.3) is 0 Å². The van der Waals surface area contributed by atoms with Crippen molar-refractivity contribution in [3.8, 4) is 5.69 Å². The third-order valence-corrected chi connectivity index (χ3v) is 4.80. The normalized spacial score (nSPS) is 13.1. The van der Waals surface area contributed by atoms with Crippen molar-refractivity contribution in [2.45, 2.75) is 6.54 Å². The van der Waals surface area contributed by atoms with Gasteiger partial charge in [0.1, 0.15) is 0 Å². The zero-order valence-electron chi connectivity index (χ0n) is 13.4. The van der Waals surface area contributed by atoms with Gasteiger partial charge in [0, 0.05) is 28.4 Å². The highest BCUT2D eigenvalue weighted by Gasteiger charge is 2.18. The Morgan fingerprint density at radius 2 is 1.88 bits per heavy atom. The van der Waals surface area contributed by atoms with Gasteiger partial charge in [0.2, 0.25) is 0 Å². The molecule has 0 atom stereocenters. The molecule has 3 heterocycles. The Hall–Kier alpha value is -2.91. The van der Waals surface area contributed by atoms with Crippen molar-refractivity contribution < 1.29 is 0 Å². The van der Waals surface area contributed by atoms with Gasteiger partial charge >= 0.3 is 0 Å². The van der Waals surface area contributed by atoms with Crippen LogP contribution in [0.25, 0.3) is 16.6 Å². The van der Waals surface area contributed by atoms with Gasteiger partial charge in [-0.2, -0.15) is 0 Å². The maximum absolute atomic E-state index is 6.22. The molecular weight excluding hydrogens is 330 g/mol. The topological polar surface area (TPSA) is 30.2 Å². The van der Waals surface area contributed by atoms with Crippen LogP contribution in [0.3, 0.4) is 0 Å². The first-order chi connectivity index (χ1) is 12.3. The summed E-state index contributed by atoms with van der Waals surface area (Å²) >= 11 is 6.22. The predicted octanol–water partition coefficient (Wildman–Crippen LogP) is 5.03. The van der Waals surface area contributed by atoms with E-state index in [1.165, 1.54) is 0 Å². The third-order valence-electron chi connectivity index (χ3n) is 4.57. The summed E-state index contributed by atoms with van der Waals surface area (Å²) in [6.45, 7) is 0.621. The minimum atomic E-state index is 0.621. The van der Waals surface area contributed by atoms with E-state index in [1.54, 1.807) is 0 Å². The predicted molar refractivity (Wildman–Crippen MR) is 102 cm³/mol. The number of benzene rings is 2. The van der Waals surface area contributed by atoms with Crippen LogP contribution in [-0.2, 0) is 6.54 Å². The number of halogens is 1. The standard InChI is InChI=1S/C21H14ClN3/c22-17-8-7-15-12-24-21(19-6-3-9-25(19)20(15)11-17)16-10-14-4-1-2-5-18(14)23-13-16/h1-11,13H,12H2. The second kappa shape index (κ2) is 5.57. The van der Waals surface area contributed by atoms with Crippen LogP contribution in [0, 0.1) is 0 Å². The molecule has 25 heavy (non-hydrogen) atoms. The molecule has 0 radical (unpaired) electrons. The molecule has 5 rings (SSSR count). The summed E-state index contributed by atoms with van der Waals surface area (Å²) in [5, 5.41) is 1.85. The van der Waals surface area contributed by atoms with Crippen molar-refractivity contribution in [2.24, 2.45) is 4.99 Å². The monoisotopic (exact) mass is 343 g/mol. The van der Waals surface area contributed by atoms with Crippen molar-refractivity contribution in [1.82, 2.24) is 9.55 Å². The molecule has 4 heteroatoms. The number of hydrogen-bond donors (Lipinski definition) is 0. The molecule has 4 aromatic rings. The summed E-state index contributed by atoms with van der Waals surface area (Å²) < 4.78 is 2.15. The maximum Gasteiger partial charge on any atom is 0.0906 e. The van der Waals surface area contributed by atoms with Crippen LogP contribution in [0.15, 0.2) is 78.0 Å². The van der Waals surface area contributed by atoms with Gasteiger partial charge in [-0.15, -0.1) is 0 Å². The number of aliphatic imine (C=N–C) groups is 1. The molecule has 0 bridgehead atoms. The number of hydrogen-bond acceptors (Lipinski definition) is 2. The molecule has 120 valence electrons.